The SMILES string of the molecule is CCl.CCl.CNC[C@H]1O[C@@H](C)C(F)[C@H]1O.CP(C)C.C[C@@H]1O[C@H](CI)[C@H](O)C1F.C[C@@H]1O[C@H](CN)[C@H](O)C1F.C[C@@H]1O[C@H](CN=[N+]=[N-])[C@H](O)C1F.C[C@@H]1O[C@H](CO)[C@H](O)C1F.C[Si](C)(C)Cl.O.[2H]CF.[B][C@@H]1O[C@H](CO)[C@H](O)C1F.[C-]#[N+]CCOP(O[C@@H]1C(F)[C@H](C)O[C@@H]1CNC)N(C(C)C)C(C)C.[C-]#[N+]CCO[P+](=C)O[C@@H]1C(F)[C@H](C)O[C@@H]1CNC.[N-]=[N+]=[N-].[Na+].c1ccc(P(c2ccccc2)c2ccccc2)cc1. The predicted molar refractivity (Wildman–Crippen MR) is 569 cm³/mol. The van der Waals surface area contributed by atoms with Crippen molar-refractivity contribution >= 4 is 127 Å². The topological polar surface area (TPSA) is 486 Å². The fourth-order valence-corrected chi connectivity index (χ4v) is 19.0. The van der Waals surface area contributed by atoms with Gasteiger partial charge in [-0.3, -0.25) is 9.30 Å². The largest absolute Gasteiger partial charge is 1.00 e. The van der Waals surface area contributed by atoms with Crippen LogP contribution in [0.2, 0.25) is 19.6 Å². The van der Waals surface area contributed by atoms with Crippen molar-refractivity contribution in [3.8, 4) is 0 Å². The first kappa shape index (κ1) is 150. The Kier molecular flexibility index (Phi) is 92.0. The van der Waals surface area contributed by atoms with E-state index in [1.54, 1.807) is 55.8 Å². The van der Waals surface area contributed by atoms with Gasteiger partial charge in [0.25, 0.3) is 8.53 Å². The molecule has 0 aliphatic carbocycles. The Bertz CT molecular complexity index is 3630. The molecule has 34 atom stereocenters. The summed E-state index contributed by atoms with van der Waals surface area (Å²) in [7, 11) is 5.29. The molecule has 11 rings (SSSR count). The van der Waals surface area contributed by atoms with Crippen molar-refractivity contribution in [3.05, 3.63) is 140 Å². The van der Waals surface area contributed by atoms with E-state index in [1.807, 2.05) is 0 Å². The number of nitrogens with two attached hydrogens (primary N) is 1. The number of aliphatic hydroxyl groups excluding tert-OH is 8. The number of likely N-dealkylation sites (N-methyl/N-ethyl adjacent to an activating group) is 3. The van der Waals surface area contributed by atoms with Crippen LogP contribution in [-0.2, 0) is 56.0 Å². The molecule has 8 fully saturated rings. The van der Waals surface area contributed by atoms with E-state index < -0.39 is 223 Å². The van der Waals surface area contributed by atoms with Crippen LogP contribution in [0.15, 0.2) is 96.1 Å². The standard InChI is InChI=1S/C18H15P.C16H31FN3O3P.C11H19FN2O3P.C7H14FNO2.C6H10FIO2.C6H10FN3O2.C6H12FNO2.C6H11FO3.C5H8BFO3.C3H9ClSi.C3H9P.2CH3Cl.CH3F.N3.Na.H2O/c1-4-10-16(11-5-1)19(17-12-6-2-7-13-17)18-14-8-3-9-15-18;1-11(2)20(12(3)4)24(21-9-8-18-6)23-16-14(10-19-7)22-13(5)15(16)17;1-8-10(12)11(9(16-8)7-14-3)17-18(4)15-6-5-13-2;1-4-6(8)7(10)5(11-4)3-9-2;1-3-5(7)6(9)4(2-8)10-3;1-3-5(7)6(11)4(12-3)2-9-10-8;2*1-3-5(7)6(9)4(2-8)10-3;6-5-3(7)4(9)2(1-8)10-5;1-5(2,3)4;1-4(2)3;3*1-2;1-3-2;;/h1-15H;11-16,19H,8-10H2,1-5,7H3;8-11,14H,4-7H2,1,3H3;4-7,9-10H,3H2,1-2H3;3-6,9H,2H2,1H3;3-6,11H,2H2,1H3;3-6,9H,2,8H2,1H3;3-6,8-9H,2H2,1H3;2-5,8-9H,1H2;1-3H3;1-3H3;3*1H3;;;1H2/q;;+1;;;;;;;;;;;;-1;+1;/t;13-,14+,15?,16-,24?;8-,9+,10?,11-;4-,5+,6?,7-;4*3-,4+,5?,6-;2-,3?,4+,5-;;;;;;;;/m.00000001......../s1/i;;;;;;;;;;;;;1D;;;. The van der Waals surface area contributed by atoms with Crippen molar-refractivity contribution in [2.45, 2.75) is 304 Å². The maximum atomic E-state index is 14.6. The minimum atomic E-state index is -1.59. The maximum absolute atomic E-state index is 14.6. The molecule has 2 radical (unpaired) electrons. The van der Waals surface area contributed by atoms with E-state index in [4.69, 9.17) is 138 Å². The zero-order valence-corrected chi connectivity index (χ0v) is 97.6. The van der Waals surface area contributed by atoms with Crippen LogP contribution in [0.5, 0.6) is 0 Å². The number of benzene rings is 3. The van der Waals surface area contributed by atoms with E-state index in [0.717, 1.165) is 0 Å². The molecule has 8 saturated heterocycles. The van der Waals surface area contributed by atoms with Gasteiger partial charge in [0.2, 0.25) is 13.1 Å². The predicted octanol–water partition coefficient (Wildman–Crippen LogP) is 9.45. The van der Waals surface area contributed by atoms with Gasteiger partial charge < -0.3 is 136 Å². The van der Waals surface area contributed by atoms with Crippen LogP contribution in [0.3, 0.4) is 0 Å². The number of nitrogens with zero attached hydrogens (tertiary/aromatic N) is 9. The van der Waals surface area contributed by atoms with Crippen LogP contribution >= 0.6 is 89.2 Å². The third-order valence-corrected chi connectivity index (χ3v) is 26.4. The van der Waals surface area contributed by atoms with Crippen LogP contribution in [0.1, 0.15) is 77.5 Å². The van der Waals surface area contributed by atoms with Gasteiger partial charge in [-0.15, -0.1) is 40.2 Å². The second-order valence-electron chi connectivity index (χ2n) is 33.7. The first-order valence-corrected chi connectivity index (χ1v) is 59.4. The van der Waals surface area contributed by atoms with Crippen LogP contribution in [-0.4, -0.2) is 418 Å². The Morgan fingerprint density at radius 1 is 0.549 bits per heavy atom. The zero-order chi connectivity index (χ0) is 111. The Morgan fingerprint density at radius 3 is 1.10 bits per heavy atom. The monoisotopic (exact) mass is 2350 g/mol. The summed E-state index contributed by atoms with van der Waals surface area (Å²) in [5.74, 6) is 0. The molecule has 8 aliphatic rings. The minimum Gasteiger partial charge on any atom is -0.412 e. The number of hydrogen-bond acceptors (Lipinski definition) is 26. The molecular formula is C90H159BCl3F9IN13NaO21P4Si+. The molecule has 8 aliphatic heterocycles. The van der Waals surface area contributed by atoms with Crippen LogP contribution in [0.4, 0.5) is 39.5 Å². The Hall–Kier alpha value is -2.07. The molecule has 54 heteroatoms. The average Bonchev–Trinajstić information content (AvgIpc) is 1.42. The third kappa shape index (κ3) is 59.6. The number of aliphatic hydroxyl groups is 8. The number of ether oxygens (including phenoxy) is 8. The zero-order valence-electron chi connectivity index (χ0n) is 87.5. The number of azide groups is 1. The first-order valence-electron chi connectivity index (χ1n) is 46.1. The summed E-state index contributed by atoms with van der Waals surface area (Å²) in [6.07, 6.45) is -19.6. The van der Waals surface area contributed by atoms with Crippen molar-refractivity contribution in [1.82, 2.24) is 20.6 Å². The maximum Gasteiger partial charge on any atom is 1.00 e. The van der Waals surface area contributed by atoms with E-state index in [9.17, 15) is 49.7 Å². The number of hydrogen-bond donors (Lipinski definition) is 12. The number of alkyl halides is 12. The van der Waals surface area contributed by atoms with Gasteiger partial charge in [-0.2, -0.15) is 11.1 Å². The van der Waals surface area contributed by atoms with Gasteiger partial charge in [0.1, 0.15) is 95.3 Å². The Labute approximate surface area is 905 Å². The van der Waals surface area contributed by atoms with E-state index in [1.165, 1.54) is 47.4 Å². The second-order valence-corrected chi connectivity index (χ2v) is 49.5. The summed E-state index contributed by atoms with van der Waals surface area (Å²) in [5.41, 5.74) is 26.7. The van der Waals surface area contributed by atoms with Gasteiger partial charge in [0.05, 0.1) is 108 Å². The van der Waals surface area contributed by atoms with Gasteiger partial charge in [0.15, 0.2) is 55.9 Å². The Balaban J connectivity index is -0.000000371. The molecule has 0 aromatic heterocycles. The van der Waals surface area contributed by atoms with Gasteiger partial charge in [-0.25, -0.2) is 52.9 Å². The van der Waals surface area contributed by atoms with Crippen molar-refractivity contribution in [1.29, 1.82) is 0 Å². The molecule has 8 heterocycles. The number of halogens is 13. The normalized spacial score (nSPS) is 31.3. The minimum absolute atomic E-state index is 0. The molecule has 0 amide bonds. The van der Waals surface area contributed by atoms with E-state index in [-0.39, 0.29) is 111 Å². The quantitative estimate of drug-likeness (QED) is 0.00275. The summed E-state index contributed by atoms with van der Waals surface area (Å²) in [5, 5.41) is 87.6. The van der Waals surface area contributed by atoms with Crippen molar-refractivity contribution in [2.75, 3.05) is 138 Å². The molecule has 144 heavy (non-hydrogen) atoms. The molecule has 34 nitrogen and oxygen atoms in total. The third-order valence-electron chi connectivity index (χ3n) is 20.0. The molecule has 0 saturated carbocycles. The van der Waals surface area contributed by atoms with Crippen molar-refractivity contribution < 1.29 is 173 Å². The van der Waals surface area contributed by atoms with Gasteiger partial charge in [-0.05, 0) is 147 Å². The molecule has 3 aromatic carbocycles. The van der Waals surface area contributed by atoms with Gasteiger partial charge in [0, 0.05) is 60.4 Å². The van der Waals surface area contributed by atoms with Crippen LogP contribution < -0.4 is 67.2 Å². The summed E-state index contributed by atoms with van der Waals surface area (Å²) in [4.78, 5) is 10.5. The molecular weight excluding hydrogens is 2190 g/mol. The number of nitrogens with one attached hydrogen (secondary N) is 3. The van der Waals surface area contributed by atoms with E-state index >= 15 is 0 Å². The molecule has 3 aromatic rings. The average molecular weight is 2350 g/mol. The summed E-state index contributed by atoms with van der Waals surface area (Å²) < 4.78 is 187. The van der Waals surface area contributed by atoms with Crippen LogP contribution in [0.25, 0.3) is 36.1 Å². The van der Waals surface area contributed by atoms with E-state index in [0.29, 0.717) is 32.0 Å². The van der Waals surface area contributed by atoms with Crippen molar-refractivity contribution in [2.24, 2.45) is 10.8 Å². The molecule has 828 valence electrons. The van der Waals surface area contributed by atoms with Crippen LogP contribution in [0, 0.1) is 13.1 Å². The summed E-state index contributed by atoms with van der Waals surface area (Å²) >= 11 is 17.0. The molecule has 10 unspecified atom stereocenters. The Morgan fingerprint density at radius 2 is 0.833 bits per heavy atom. The fourth-order valence-electron chi connectivity index (χ4n) is 13.3. The van der Waals surface area contributed by atoms with Gasteiger partial charge >= 0.3 is 37.6 Å². The molecule has 0 bridgehead atoms. The first-order chi connectivity index (χ1) is 67.4. The van der Waals surface area contributed by atoms with Gasteiger partial charge in [-0.1, -0.05) is 138 Å². The summed E-state index contributed by atoms with van der Waals surface area (Å²) in [6, 6.07) is 31.6. The fraction of sp³-hybridized carbons (Fsp3) is 0.767. The second kappa shape index (κ2) is 88.2. The molecule has 0 spiro atoms. The smallest absolute Gasteiger partial charge is 0.412 e. The molecule has 15 N–H and O–H groups in total. The number of rotatable bonds is 28. The van der Waals surface area contributed by atoms with E-state index in [2.05, 4.69) is 255 Å². The van der Waals surface area contributed by atoms with Crippen molar-refractivity contribution in [3.63, 3.8) is 0 Å². The summed E-state index contributed by atoms with van der Waals surface area (Å²) in [6.45, 7) is 48.0.